The molecule has 0 spiro atoms. The first-order valence-corrected chi connectivity index (χ1v) is 7.35. The van der Waals surface area contributed by atoms with E-state index in [1.165, 1.54) is 11.8 Å². The Balaban J connectivity index is 2.00. The minimum absolute atomic E-state index is 0.228. The van der Waals surface area contributed by atoms with Crippen LogP contribution in [-0.4, -0.2) is 33.5 Å². The molecule has 108 valence electrons. The lowest BCUT2D eigenvalue weighted by atomic mass is 10.2. The van der Waals surface area contributed by atoms with E-state index in [0.29, 0.717) is 12.4 Å². The monoisotopic (exact) mass is 295 g/mol. The molecule has 0 saturated heterocycles. The Morgan fingerprint density at radius 1 is 1.40 bits per heavy atom. The van der Waals surface area contributed by atoms with Gasteiger partial charge in [0.15, 0.2) is 5.82 Å². The van der Waals surface area contributed by atoms with Crippen LogP contribution in [0.3, 0.4) is 0 Å². The number of nitrogens with zero attached hydrogens (tertiary/aromatic N) is 4. The summed E-state index contributed by atoms with van der Waals surface area (Å²) in [6.45, 7) is 6.09. The zero-order valence-electron chi connectivity index (χ0n) is 11.7. The molecule has 0 saturated carbocycles. The summed E-state index contributed by atoms with van der Waals surface area (Å²) in [5, 5.41) is 6.64. The van der Waals surface area contributed by atoms with E-state index < -0.39 is 0 Å². The summed E-state index contributed by atoms with van der Waals surface area (Å²) < 4.78 is 4.87. The molecule has 7 nitrogen and oxygen atoms in total. The SMILES string of the molecule is CCOC(=O)CSC1=NN1c1nc(N)nc(C)c1CC. The minimum atomic E-state index is -0.249. The van der Waals surface area contributed by atoms with Crippen LogP contribution in [0.25, 0.3) is 0 Å². The third kappa shape index (κ3) is 3.19. The minimum Gasteiger partial charge on any atom is -0.465 e. The van der Waals surface area contributed by atoms with Crippen molar-refractivity contribution >= 4 is 34.7 Å². The highest BCUT2D eigenvalue weighted by atomic mass is 32.2. The maximum atomic E-state index is 11.3. The molecule has 0 unspecified atom stereocenters. The summed E-state index contributed by atoms with van der Waals surface area (Å²) in [4.78, 5) is 19.7. The van der Waals surface area contributed by atoms with Gasteiger partial charge in [0, 0.05) is 11.3 Å². The van der Waals surface area contributed by atoms with E-state index in [9.17, 15) is 4.79 Å². The van der Waals surface area contributed by atoms with Gasteiger partial charge in [-0.05, 0) is 20.3 Å². The zero-order chi connectivity index (χ0) is 14.7. The Hall–Kier alpha value is -1.83. The molecule has 2 rings (SSSR count). The van der Waals surface area contributed by atoms with Gasteiger partial charge >= 0.3 is 5.97 Å². The zero-order valence-corrected chi connectivity index (χ0v) is 12.5. The number of anilines is 2. The van der Waals surface area contributed by atoms with Crippen molar-refractivity contribution < 1.29 is 9.53 Å². The molecule has 0 aliphatic carbocycles. The molecule has 0 atom stereocenters. The van der Waals surface area contributed by atoms with Crippen molar-refractivity contribution in [3.8, 4) is 0 Å². The number of nitrogens with two attached hydrogens (primary N) is 1. The quantitative estimate of drug-likeness (QED) is 0.819. The predicted octanol–water partition coefficient (Wildman–Crippen LogP) is 1.32. The second kappa shape index (κ2) is 6.08. The molecule has 0 bridgehead atoms. The highest BCUT2D eigenvalue weighted by Gasteiger charge is 2.31. The number of hydrogen-bond donors (Lipinski definition) is 1. The van der Waals surface area contributed by atoms with Crippen molar-refractivity contribution in [1.82, 2.24) is 9.97 Å². The number of hydrogen-bond acceptors (Lipinski definition) is 8. The second-order valence-corrected chi connectivity index (χ2v) is 5.05. The number of carbonyl (C=O) groups excluding carboxylic acids is 1. The molecule has 0 aromatic carbocycles. The van der Waals surface area contributed by atoms with Gasteiger partial charge in [-0.15, -0.1) is 5.10 Å². The molecule has 0 amide bonds. The number of aryl methyl sites for hydroxylation is 1. The summed E-state index contributed by atoms with van der Waals surface area (Å²) in [6, 6.07) is 0. The van der Waals surface area contributed by atoms with E-state index in [0.717, 1.165) is 22.8 Å². The van der Waals surface area contributed by atoms with Crippen LogP contribution in [0.15, 0.2) is 5.10 Å². The standard InChI is InChI=1S/C12H17N5O2S/c1-4-8-7(3)14-11(13)15-10(8)17-12(16-17)20-6-9(18)19-5-2/h4-6H2,1-3H3,(H2,13,14,15). The van der Waals surface area contributed by atoms with Gasteiger partial charge in [0.05, 0.1) is 12.4 Å². The molecule has 0 radical (unpaired) electrons. The summed E-state index contributed by atoms with van der Waals surface area (Å²) in [5.41, 5.74) is 7.54. The van der Waals surface area contributed by atoms with Gasteiger partial charge in [0.1, 0.15) is 0 Å². The topological polar surface area (TPSA) is 93.5 Å². The van der Waals surface area contributed by atoms with Gasteiger partial charge in [-0.1, -0.05) is 18.7 Å². The third-order valence-electron chi connectivity index (χ3n) is 2.72. The largest absolute Gasteiger partial charge is 0.465 e. The van der Waals surface area contributed by atoms with Crippen molar-refractivity contribution in [3.63, 3.8) is 0 Å². The smallest absolute Gasteiger partial charge is 0.316 e. The Labute approximate surface area is 121 Å². The Morgan fingerprint density at radius 2 is 2.15 bits per heavy atom. The van der Waals surface area contributed by atoms with Gasteiger partial charge < -0.3 is 10.5 Å². The summed E-state index contributed by atoms with van der Waals surface area (Å²) in [7, 11) is 0. The normalized spacial score (nSPS) is 13.2. The summed E-state index contributed by atoms with van der Waals surface area (Å²) >= 11 is 1.32. The molecule has 20 heavy (non-hydrogen) atoms. The summed E-state index contributed by atoms with van der Waals surface area (Å²) in [6.07, 6.45) is 0.795. The maximum absolute atomic E-state index is 11.3. The number of hydrazone groups is 1. The van der Waals surface area contributed by atoms with Crippen LogP contribution in [0.2, 0.25) is 0 Å². The molecule has 2 N–H and O–H groups in total. The molecule has 2 heterocycles. The lowest BCUT2D eigenvalue weighted by Crippen LogP contribution is -2.13. The first-order valence-electron chi connectivity index (χ1n) is 6.36. The molecule has 0 fully saturated rings. The predicted molar refractivity (Wildman–Crippen MR) is 79.6 cm³/mol. The summed E-state index contributed by atoms with van der Waals surface area (Å²) in [5.74, 6) is 0.918. The highest BCUT2D eigenvalue weighted by Crippen LogP contribution is 2.32. The molecule has 1 aromatic heterocycles. The van der Waals surface area contributed by atoms with Crippen molar-refractivity contribution in [2.24, 2.45) is 5.10 Å². The number of nitrogen functional groups attached to an aromatic ring is 1. The fraction of sp³-hybridized carbons (Fsp3) is 0.500. The third-order valence-corrected chi connectivity index (χ3v) is 3.61. The Bertz CT molecular complexity index is 561. The van der Waals surface area contributed by atoms with E-state index >= 15 is 0 Å². The van der Waals surface area contributed by atoms with Crippen molar-refractivity contribution in [2.75, 3.05) is 23.1 Å². The van der Waals surface area contributed by atoms with Crippen LogP contribution in [0, 0.1) is 6.92 Å². The van der Waals surface area contributed by atoms with Crippen LogP contribution >= 0.6 is 11.8 Å². The molecule has 1 aliphatic heterocycles. The van der Waals surface area contributed by atoms with Crippen LogP contribution in [0.4, 0.5) is 11.8 Å². The van der Waals surface area contributed by atoms with Gasteiger partial charge in [0.2, 0.25) is 11.1 Å². The maximum Gasteiger partial charge on any atom is 0.316 e. The molecule has 8 heteroatoms. The van der Waals surface area contributed by atoms with Gasteiger partial charge in [-0.25, -0.2) is 4.98 Å². The Morgan fingerprint density at radius 3 is 2.80 bits per heavy atom. The van der Waals surface area contributed by atoms with Crippen molar-refractivity contribution in [2.45, 2.75) is 27.2 Å². The van der Waals surface area contributed by atoms with E-state index in [-0.39, 0.29) is 17.7 Å². The van der Waals surface area contributed by atoms with Crippen LogP contribution in [0.1, 0.15) is 25.1 Å². The first kappa shape index (κ1) is 14.6. The highest BCUT2D eigenvalue weighted by molar-refractivity contribution is 8.15. The van der Waals surface area contributed by atoms with E-state index in [1.54, 1.807) is 11.9 Å². The van der Waals surface area contributed by atoms with Crippen LogP contribution in [0.5, 0.6) is 0 Å². The number of rotatable bonds is 5. The number of amidine groups is 1. The number of carbonyl (C=O) groups is 1. The lowest BCUT2D eigenvalue weighted by Gasteiger charge is -2.10. The number of thioether (sulfide) groups is 1. The fourth-order valence-electron chi connectivity index (χ4n) is 1.81. The van der Waals surface area contributed by atoms with Gasteiger partial charge in [0.25, 0.3) is 0 Å². The molecular weight excluding hydrogens is 278 g/mol. The van der Waals surface area contributed by atoms with Crippen LogP contribution in [-0.2, 0) is 16.0 Å². The molecule has 1 aromatic rings. The number of ether oxygens (including phenoxy) is 1. The average molecular weight is 295 g/mol. The average Bonchev–Trinajstić information content (AvgIpc) is 3.15. The number of esters is 1. The van der Waals surface area contributed by atoms with E-state index in [1.807, 2.05) is 13.8 Å². The van der Waals surface area contributed by atoms with Crippen LogP contribution < -0.4 is 10.7 Å². The fourth-order valence-corrected chi connectivity index (χ4v) is 2.49. The van der Waals surface area contributed by atoms with Gasteiger partial charge in [-0.3, -0.25) is 4.79 Å². The lowest BCUT2D eigenvalue weighted by molar-refractivity contribution is -0.139. The van der Waals surface area contributed by atoms with E-state index in [2.05, 4.69) is 15.1 Å². The first-order chi connectivity index (χ1) is 9.56. The van der Waals surface area contributed by atoms with Crippen molar-refractivity contribution in [3.05, 3.63) is 11.3 Å². The molecular formula is C12H17N5O2S. The molecule has 1 aliphatic rings. The Kier molecular flexibility index (Phi) is 4.43. The number of aromatic nitrogens is 2. The van der Waals surface area contributed by atoms with Gasteiger partial charge in [-0.2, -0.15) is 9.99 Å². The van der Waals surface area contributed by atoms with E-state index in [4.69, 9.17) is 10.5 Å². The van der Waals surface area contributed by atoms with Crippen molar-refractivity contribution in [1.29, 1.82) is 0 Å². The second-order valence-electron chi connectivity index (χ2n) is 4.11.